The molecular formula is C19H32IN3O2. The van der Waals surface area contributed by atoms with E-state index in [4.69, 9.17) is 9.47 Å². The van der Waals surface area contributed by atoms with Gasteiger partial charge >= 0.3 is 0 Å². The molecule has 1 fully saturated rings. The Bertz CT molecular complexity index is 493. The maximum atomic E-state index is 5.90. The van der Waals surface area contributed by atoms with Gasteiger partial charge in [-0.3, -0.25) is 4.99 Å². The molecule has 25 heavy (non-hydrogen) atoms. The summed E-state index contributed by atoms with van der Waals surface area (Å²) in [6.07, 6.45) is 2.24. The number of hydrogen-bond donors (Lipinski definition) is 1. The van der Waals surface area contributed by atoms with Crippen molar-refractivity contribution in [2.24, 2.45) is 10.9 Å². The Balaban J connectivity index is 0.00000312. The lowest BCUT2D eigenvalue weighted by molar-refractivity contribution is 0.0645. The molecule has 0 saturated carbocycles. The number of nitrogens with zero attached hydrogens (tertiary/aromatic N) is 2. The fourth-order valence-corrected chi connectivity index (χ4v) is 2.94. The number of hydrogen-bond acceptors (Lipinski definition) is 3. The van der Waals surface area contributed by atoms with Gasteiger partial charge in [0.05, 0.1) is 12.7 Å². The van der Waals surface area contributed by atoms with E-state index >= 15 is 0 Å². The Hall–Kier alpha value is -0.860. The van der Waals surface area contributed by atoms with E-state index in [2.05, 4.69) is 41.3 Å². The van der Waals surface area contributed by atoms with E-state index in [0.29, 0.717) is 5.92 Å². The summed E-state index contributed by atoms with van der Waals surface area (Å²) >= 11 is 0. The van der Waals surface area contributed by atoms with Crippen LogP contribution in [0.5, 0.6) is 0 Å². The van der Waals surface area contributed by atoms with Crippen molar-refractivity contribution >= 4 is 29.9 Å². The maximum Gasteiger partial charge on any atom is 0.193 e. The Labute approximate surface area is 169 Å². The summed E-state index contributed by atoms with van der Waals surface area (Å²) in [6.45, 7) is 6.44. The van der Waals surface area contributed by atoms with Gasteiger partial charge in [-0.25, -0.2) is 0 Å². The molecule has 1 N–H and O–H groups in total. The molecule has 1 saturated heterocycles. The summed E-state index contributed by atoms with van der Waals surface area (Å²) in [5.41, 5.74) is 1.22. The number of aliphatic imine (C=N–C) groups is 1. The molecule has 1 aromatic carbocycles. The van der Waals surface area contributed by atoms with Gasteiger partial charge < -0.3 is 19.7 Å². The summed E-state index contributed by atoms with van der Waals surface area (Å²) in [7, 11) is 3.92. The van der Waals surface area contributed by atoms with Crippen LogP contribution in [0, 0.1) is 5.92 Å². The maximum absolute atomic E-state index is 5.90. The number of rotatable bonds is 8. The Kier molecular flexibility index (Phi) is 11.1. The smallest absolute Gasteiger partial charge is 0.193 e. The number of halogens is 1. The third-order valence-corrected chi connectivity index (χ3v) is 4.37. The lowest BCUT2D eigenvalue weighted by Gasteiger charge is -2.24. The molecule has 1 aromatic rings. The fraction of sp³-hybridized carbons (Fsp3) is 0.632. The molecule has 1 heterocycles. The molecule has 0 spiro atoms. The first-order valence-corrected chi connectivity index (χ1v) is 8.86. The van der Waals surface area contributed by atoms with E-state index < -0.39 is 0 Å². The highest BCUT2D eigenvalue weighted by Gasteiger charge is 2.18. The zero-order chi connectivity index (χ0) is 17.2. The van der Waals surface area contributed by atoms with Crippen LogP contribution in [0.1, 0.15) is 31.4 Å². The van der Waals surface area contributed by atoms with Crippen molar-refractivity contribution in [3.05, 3.63) is 35.9 Å². The van der Waals surface area contributed by atoms with Crippen molar-refractivity contribution in [2.75, 3.05) is 47.0 Å². The highest BCUT2D eigenvalue weighted by Crippen LogP contribution is 2.16. The highest BCUT2D eigenvalue weighted by atomic mass is 127. The third-order valence-electron chi connectivity index (χ3n) is 4.37. The number of benzene rings is 1. The number of ether oxygens (including phenoxy) is 2. The first-order valence-electron chi connectivity index (χ1n) is 8.86. The van der Waals surface area contributed by atoms with Crippen LogP contribution in [0.15, 0.2) is 35.3 Å². The van der Waals surface area contributed by atoms with Crippen LogP contribution in [0.4, 0.5) is 0 Å². The van der Waals surface area contributed by atoms with Crippen LogP contribution in [0.2, 0.25) is 0 Å². The first-order chi connectivity index (χ1) is 11.7. The Morgan fingerprint density at radius 2 is 2.16 bits per heavy atom. The molecule has 2 rings (SSSR count). The van der Waals surface area contributed by atoms with Gasteiger partial charge in [0.15, 0.2) is 5.96 Å². The molecular weight excluding hydrogens is 429 g/mol. The molecule has 0 aromatic heterocycles. The van der Waals surface area contributed by atoms with Gasteiger partial charge in [-0.2, -0.15) is 0 Å². The molecule has 142 valence electrons. The molecule has 0 bridgehead atoms. The van der Waals surface area contributed by atoms with Crippen molar-refractivity contribution in [1.29, 1.82) is 0 Å². The molecule has 5 nitrogen and oxygen atoms in total. The monoisotopic (exact) mass is 461 g/mol. The van der Waals surface area contributed by atoms with Crippen LogP contribution >= 0.6 is 24.0 Å². The molecule has 0 aliphatic carbocycles. The van der Waals surface area contributed by atoms with E-state index in [9.17, 15) is 0 Å². The minimum Gasteiger partial charge on any atom is -0.381 e. The van der Waals surface area contributed by atoms with E-state index in [1.165, 1.54) is 5.56 Å². The summed E-state index contributed by atoms with van der Waals surface area (Å²) in [4.78, 5) is 6.55. The van der Waals surface area contributed by atoms with Crippen molar-refractivity contribution in [3.8, 4) is 0 Å². The second kappa shape index (κ2) is 12.5. The zero-order valence-electron chi connectivity index (χ0n) is 15.6. The molecule has 2 atom stereocenters. The van der Waals surface area contributed by atoms with E-state index in [-0.39, 0.29) is 30.1 Å². The molecule has 1 aliphatic rings. The quantitative estimate of drug-likeness (QED) is 0.279. The van der Waals surface area contributed by atoms with Gasteiger partial charge in [-0.05, 0) is 25.3 Å². The molecule has 2 unspecified atom stereocenters. The predicted octanol–water partition coefficient (Wildman–Crippen LogP) is 3.32. The lowest BCUT2D eigenvalue weighted by Crippen LogP contribution is -2.42. The van der Waals surface area contributed by atoms with Gasteiger partial charge in [0.2, 0.25) is 0 Å². The summed E-state index contributed by atoms with van der Waals surface area (Å²) < 4.78 is 11.3. The Morgan fingerprint density at radius 3 is 2.80 bits per heavy atom. The minimum atomic E-state index is 0. The highest BCUT2D eigenvalue weighted by molar-refractivity contribution is 14.0. The predicted molar refractivity (Wildman–Crippen MR) is 114 cm³/mol. The van der Waals surface area contributed by atoms with Crippen LogP contribution in [-0.4, -0.2) is 57.9 Å². The van der Waals surface area contributed by atoms with Gasteiger partial charge in [0.25, 0.3) is 0 Å². The van der Waals surface area contributed by atoms with E-state index in [0.717, 1.165) is 51.7 Å². The molecule has 0 radical (unpaired) electrons. The van der Waals surface area contributed by atoms with Gasteiger partial charge in [0.1, 0.15) is 0 Å². The van der Waals surface area contributed by atoms with Gasteiger partial charge in [-0.15, -0.1) is 24.0 Å². The largest absolute Gasteiger partial charge is 0.381 e. The van der Waals surface area contributed by atoms with Crippen LogP contribution in [0.3, 0.4) is 0 Å². The van der Waals surface area contributed by atoms with Crippen LogP contribution < -0.4 is 5.32 Å². The van der Waals surface area contributed by atoms with Crippen LogP contribution in [-0.2, 0) is 9.47 Å². The lowest BCUT2D eigenvalue weighted by atomic mass is 10.1. The fourth-order valence-electron chi connectivity index (χ4n) is 2.94. The second-order valence-corrected chi connectivity index (χ2v) is 6.36. The number of guanidine groups is 1. The average Bonchev–Trinajstić information content (AvgIpc) is 3.11. The minimum absolute atomic E-state index is 0. The van der Waals surface area contributed by atoms with Crippen LogP contribution in [0.25, 0.3) is 0 Å². The SMILES string of the molecule is CN=C(NCCCOC(C)c1ccccc1)N(C)CC1CCOC1.I. The summed E-state index contributed by atoms with van der Waals surface area (Å²) in [5.74, 6) is 1.56. The molecule has 1 aliphatic heterocycles. The van der Waals surface area contributed by atoms with Crippen molar-refractivity contribution < 1.29 is 9.47 Å². The standard InChI is InChI=1S/C19H31N3O2.HI/c1-16(18-8-5-4-6-9-18)24-12-7-11-21-19(20-2)22(3)14-17-10-13-23-15-17;/h4-6,8-9,16-17H,7,10-15H2,1-3H3,(H,20,21);1H. The van der Waals surface area contributed by atoms with Gasteiger partial charge in [0, 0.05) is 46.3 Å². The first kappa shape index (κ1) is 22.2. The topological polar surface area (TPSA) is 46.1 Å². The number of nitrogens with one attached hydrogen (secondary N) is 1. The Morgan fingerprint density at radius 1 is 1.40 bits per heavy atom. The normalized spacial score (nSPS) is 18.5. The van der Waals surface area contributed by atoms with Gasteiger partial charge in [-0.1, -0.05) is 30.3 Å². The van der Waals surface area contributed by atoms with Crippen molar-refractivity contribution in [1.82, 2.24) is 10.2 Å². The molecule has 0 amide bonds. The average molecular weight is 461 g/mol. The summed E-state index contributed by atoms with van der Waals surface area (Å²) in [6, 6.07) is 10.3. The van der Waals surface area contributed by atoms with E-state index in [1.807, 2.05) is 25.2 Å². The van der Waals surface area contributed by atoms with E-state index in [1.54, 1.807) is 0 Å². The third kappa shape index (κ3) is 7.92. The molecule has 6 heteroatoms. The van der Waals surface area contributed by atoms with Crippen molar-refractivity contribution in [3.63, 3.8) is 0 Å². The second-order valence-electron chi connectivity index (χ2n) is 6.36. The van der Waals surface area contributed by atoms with Crippen molar-refractivity contribution in [2.45, 2.75) is 25.9 Å². The summed E-state index contributed by atoms with van der Waals surface area (Å²) in [5, 5.41) is 3.41. The zero-order valence-corrected chi connectivity index (χ0v) is 17.9.